The van der Waals surface area contributed by atoms with Crippen molar-refractivity contribution in [1.29, 1.82) is 0 Å². The Bertz CT molecular complexity index is 637. The maximum Gasteiger partial charge on any atom is 0.273 e. The summed E-state index contributed by atoms with van der Waals surface area (Å²) < 4.78 is 28.1. The number of hydrogen-bond donors (Lipinski definition) is 2. The number of rotatable bonds is 7. The van der Waals surface area contributed by atoms with Crippen LogP contribution < -0.4 is 5.32 Å². The summed E-state index contributed by atoms with van der Waals surface area (Å²) >= 11 is 0. The van der Waals surface area contributed by atoms with E-state index in [1.54, 1.807) is 7.11 Å². The van der Waals surface area contributed by atoms with Gasteiger partial charge in [0, 0.05) is 30.9 Å². The number of nitrogens with one attached hydrogen (secondary N) is 2. The fourth-order valence-electron chi connectivity index (χ4n) is 2.23. The van der Waals surface area contributed by atoms with Gasteiger partial charge in [0.25, 0.3) is 15.0 Å². The largest absolute Gasteiger partial charge is 0.385 e. The van der Waals surface area contributed by atoms with Gasteiger partial charge in [0.05, 0.1) is 5.69 Å². The van der Waals surface area contributed by atoms with Crippen molar-refractivity contribution in [2.45, 2.75) is 31.1 Å². The molecule has 1 aliphatic rings. The molecule has 1 amide bonds. The average molecular weight is 336 g/mol. The van der Waals surface area contributed by atoms with Crippen molar-refractivity contribution in [3.8, 4) is 0 Å². The number of nitrogens with zero attached hydrogens (tertiary/aromatic N) is 1. The highest BCUT2D eigenvalue weighted by Gasteiger charge is 2.42. The maximum atomic E-state index is 12.1. The number of aromatic nitrogens is 2. The number of carbonyl (C=O) groups excluding carboxylic acids is 1. The van der Waals surface area contributed by atoms with Crippen LogP contribution >= 0.6 is 10.7 Å². The molecule has 1 aliphatic carbocycles. The van der Waals surface area contributed by atoms with Crippen LogP contribution in [-0.4, -0.2) is 44.8 Å². The molecule has 9 heteroatoms. The van der Waals surface area contributed by atoms with Gasteiger partial charge >= 0.3 is 0 Å². The van der Waals surface area contributed by atoms with E-state index >= 15 is 0 Å². The van der Waals surface area contributed by atoms with Crippen LogP contribution in [0.25, 0.3) is 0 Å². The molecule has 1 fully saturated rings. The van der Waals surface area contributed by atoms with Gasteiger partial charge in [0.1, 0.15) is 4.90 Å². The highest BCUT2D eigenvalue weighted by Crippen LogP contribution is 2.48. The molecule has 0 atom stereocenters. The smallest absolute Gasteiger partial charge is 0.273 e. The molecule has 0 radical (unpaired) electrons. The van der Waals surface area contributed by atoms with Crippen molar-refractivity contribution in [3.05, 3.63) is 11.4 Å². The number of aromatic amines is 1. The van der Waals surface area contributed by atoms with Gasteiger partial charge in [0.15, 0.2) is 5.69 Å². The Kier molecular flexibility index (Phi) is 4.60. The Labute approximate surface area is 127 Å². The van der Waals surface area contributed by atoms with Crippen molar-refractivity contribution in [3.63, 3.8) is 0 Å². The molecule has 21 heavy (non-hydrogen) atoms. The third kappa shape index (κ3) is 3.75. The topological polar surface area (TPSA) is 101 Å². The van der Waals surface area contributed by atoms with Crippen molar-refractivity contribution in [2.24, 2.45) is 5.41 Å². The summed E-state index contributed by atoms with van der Waals surface area (Å²) in [5.74, 6) is -0.540. The molecular weight excluding hydrogens is 318 g/mol. The number of halogens is 1. The SMILES string of the molecule is COCCC1(CNC(=O)c2n[nH]c(C)c2S(=O)(=O)Cl)CC1. The molecule has 1 saturated carbocycles. The van der Waals surface area contributed by atoms with Crippen LogP contribution in [-0.2, 0) is 13.8 Å². The summed E-state index contributed by atoms with van der Waals surface area (Å²) in [6.07, 6.45) is 2.91. The monoisotopic (exact) mass is 335 g/mol. The van der Waals surface area contributed by atoms with E-state index in [2.05, 4.69) is 15.5 Å². The molecule has 0 unspecified atom stereocenters. The minimum Gasteiger partial charge on any atom is -0.385 e. The zero-order valence-corrected chi connectivity index (χ0v) is 13.5. The molecule has 1 aromatic rings. The Balaban J connectivity index is 2.05. The first-order valence-corrected chi connectivity index (χ1v) is 8.87. The lowest BCUT2D eigenvalue weighted by Crippen LogP contribution is -2.31. The molecule has 0 saturated heterocycles. The summed E-state index contributed by atoms with van der Waals surface area (Å²) in [7, 11) is 2.96. The quantitative estimate of drug-likeness (QED) is 0.729. The van der Waals surface area contributed by atoms with Gasteiger partial charge in [-0.1, -0.05) is 0 Å². The van der Waals surface area contributed by atoms with E-state index in [1.807, 2.05) is 0 Å². The molecule has 7 nitrogen and oxygen atoms in total. The number of hydrogen-bond acceptors (Lipinski definition) is 5. The Morgan fingerprint density at radius 2 is 2.19 bits per heavy atom. The molecular formula is C12H18ClN3O4S. The summed E-state index contributed by atoms with van der Waals surface area (Å²) in [5.41, 5.74) is 0.123. The van der Waals surface area contributed by atoms with Crippen LogP contribution in [0.2, 0.25) is 0 Å². The van der Waals surface area contributed by atoms with E-state index in [4.69, 9.17) is 15.4 Å². The lowest BCUT2D eigenvalue weighted by Gasteiger charge is -2.15. The third-order valence-corrected chi connectivity index (χ3v) is 5.22. The second-order valence-electron chi connectivity index (χ2n) is 5.39. The molecule has 2 N–H and O–H groups in total. The predicted octanol–water partition coefficient (Wildman–Crippen LogP) is 1.19. The lowest BCUT2D eigenvalue weighted by molar-refractivity contribution is 0.0929. The Morgan fingerprint density at radius 3 is 2.71 bits per heavy atom. The van der Waals surface area contributed by atoms with E-state index in [0.29, 0.717) is 13.2 Å². The summed E-state index contributed by atoms with van der Waals surface area (Å²) in [6, 6.07) is 0. The molecule has 1 heterocycles. The molecule has 1 aromatic heterocycles. The molecule has 0 spiro atoms. The summed E-state index contributed by atoms with van der Waals surface area (Å²) in [4.78, 5) is 11.9. The number of aryl methyl sites for hydroxylation is 1. The van der Waals surface area contributed by atoms with Crippen LogP contribution in [0.1, 0.15) is 35.4 Å². The van der Waals surface area contributed by atoms with Crippen molar-refractivity contribution in [2.75, 3.05) is 20.3 Å². The lowest BCUT2D eigenvalue weighted by atomic mass is 10.0. The highest BCUT2D eigenvalue weighted by molar-refractivity contribution is 8.13. The van der Waals surface area contributed by atoms with Gasteiger partial charge in [-0.15, -0.1) is 0 Å². The van der Waals surface area contributed by atoms with Crippen molar-refractivity contribution < 1.29 is 17.9 Å². The van der Waals surface area contributed by atoms with Gasteiger partial charge in [0.2, 0.25) is 0 Å². The number of H-pyrrole nitrogens is 1. The van der Waals surface area contributed by atoms with Gasteiger partial charge in [-0.05, 0) is 31.6 Å². The maximum absolute atomic E-state index is 12.1. The first-order chi connectivity index (χ1) is 9.79. The first kappa shape index (κ1) is 16.3. The van der Waals surface area contributed by atoms with Crippen LogP contribution in [0.3, 0.4) is 0 Å². The predicted molar refractivity (Wildman–Crippen MR) is 76.9 cm³/mol. The second kappa shape index (κ2) is 5.94. The van der Waals surface area contributed by atoms with Crippen LogP contribution in [0.15, 0.2) is 4.90 Å². The molecule has 0 aliphatic heterocycles. The molecule has 118 valence electrons. The third-order valence-electron chi connectivity index (χ3n) is 3.77. The highest BCUT2D eigenvalue weighted by atomic mass is 35.7. The second-order valence-corrected chi connectivity index (χ2v) is 7.89. The van der Waals surface area contributed by atoms with Crippen molar-refractivity contribution in [1.82, 2.24) is 15.5 Å². The zero-order valence-electron chi connectivity index (χ0n) is 11.9. The first-order valence-electron chi connectivity index (χ1n) is 6.56. The van der Waals surface area contributed by atoms with E-state index in [0.717, 1.165) is 19.3 Å². The normalized spacial score (nSPS) is 16.7. The van der Waals surface area contributed by atoms with Crippen LogP contribution in [0, 0.1) is 12.3 Å². The van der Waals surface area contributed by atoms with Crippen LogP contribution in [0.4, 0.5) is 0 Å². The summed E-state index contributed by atoms with van der Waals surface area (Å²) in [5, 5.41) is 8.95. The number of carbonyl (C=O) groups is 1. The minimum absolute atomic E-state index is 0.0665. The Morgan fingerprint density at radius 1 is 1.52 bits per heavy atom. The van der Waals surface area contributed by atoms with E-state index < -0.39 is 15.0 Å². The molecule has 2 rings (SSSR count). The number of ether oxygens (including phenoxy) is 1. The fourth-order valence-corrected chi connectivity index (χ4v) is 3.58. The van der Waals surface area contributed by atoms with Gasteiger partial charge < -0.3 is 10.1 Å². The van der Waals surface area contributed by atoms with Crippen molar-refractivity contribution >= 4 is 25.6 Å². The van der Waals surface area contributed by atoms with Gasteiger partial charge in [-0.2, -0.15) is 5.10 Å². The van der Waals surface area contributed by atoms with E-state index in [1.165, 1.54) is 6.92 Å². The molecule has 0 aromatic carbocycles. The van der Waals surface area contributed by atoms with Crippen LogP contribution in [0.5, 0.6) is 0 Å². The molecule has 0 bridgehead atoms. The number of methoxy groups -OCH3 is 1. The van der Waals surface area contributed by atoms with Gasteiger partial charge in [-0.3, -0.25) is 9.89 Å². The Hall–Kier alpha value is -1.12. The number of amides is 1. The summed E-state index contributed by atoms with van der Waals surface area (Å²) in [6.45, 7) is 2.61. The standard InChI is InChI=1S/C12H18ClN3O4S/c1-8-10(21(13,18)19)9(16-15-8)11(17)14-7-12(3-4-12)5-6-20-2/h3-7H2,1-2H3,(H,14,17)(H,15,16). The van der Waals surface area contributed by atoms with E-state index in [-0.39, 0.29) is 21.7 Å². The minimum atomic E-state index is -4.02. The zero-order chi connectivity index (χ0) is 15.7. The fraction of sp³-hybridized carbons (Fsp3) is 0.667. The van der Waals surface area contributed by atoms with Gasteiger partial charge in [-0.25, -0.2) is 8.42 Å². The van der Waals surface area contributed by atoms with E-state index in [9.17, 15) is 13.2 Å². The average Bonchev–Trinajstić information content (AvgIpc) is 3.06.